The number of rotatable bonds is 6. The standard InChI is InChI=1S/C23H23NO2/c1-23(19-12-5-3-6-13-19,20-14-7-4-8-15-20)24-22(25)17-18-11-9-10-16-21(18)26-2/h3-16H,17H2,1-2H3,(H,24,25). The Balaban J connectivity index is 1.90. The van der Waals surface area contributed by atoms with Crippen LogP contribution in [-0.2, 0) is 16.8 Å². The molecule has 0 aliphatic heterocycles. The van der Waals surface area contributed by atoms with Crippen LogP contribution < -0.4 is 10.1 Å². The Morgan fingerprint density at radius 2 is 1.35 bits per heavy atom. The average molecular weight is 345 g/mol. The zero-order chi connectivity index (χ0) is 18.4. The predicted octanol–water partition coefficient (Wildman–Crippen LogP) is 4.32. The molecule has 0 aromatic heterocycles. The van der Waals surface area contributed by atoms with Gasteiger partial charge in [0.25, 0.3) is 0 Å². The largest absolute Gasteiger partial charge is 0.496 e. The van der Waals surface area contributed by atoms with Crippen molar-refractivity contribution in [1.82, 2.24) is 5.32 Å². The minimum Gasteiger partial charge on any atom is -0.496 e. The molecule has 132 valence electrons. The third-order valence-corrected chi connectivity index (χ3v) is 4.64. The van der Waals surface area contributed by atoms with E-state index < -0.39 is 5.54 Å². The van der Waals surface area contributed by atoms with Gasteiger partial charge in [-0.05, 0) is 24.1 Å². The van der Waals surface area contributed by atoms with Gasteiger partial charge in [-0.2, -0.15) is 0 Å². The number of ether oxygens (including phenoxy) is 1. The molecule has 0 saturated carbocycles. The molecule has 0 fully saturated rings. The number of carbonyl (C=O) groups is 1. The minimum atomic E-state index is -0.610. The molecule has 1 amide bonds. The van der Waals surface area contributed by atoms with Crippen molar-refractivity contribution in [2.75, 3.05) is 7.11 Å². The van der Waals surface area contributed by atoms with E-state index in [1.54, 1.807) is 7.11 Å². The molecule has 0 heterocycles. The Morgan fingerprint density at radius 1 is 0.846 bits per heavy atom. The van der Waals surface area contributed by atoms with Gasteiger partial charge in [-0.3, -0.25) is 4.79 Å². The maximum absolute atomic E-state index is 12.9. The van der Waals surface area contributed by atoms with Crippen molar-refractivity contribution in [3.63, 3.8) is 0 Å². The summed E-state index contributed by atoms with van der Waals surface area (Å²) >= 11 is 0. The van der Waals surface area contributed by atoms with Crippen LogP contribution in [0.1, 0.15) is 23.6 Å². The zero-order valence-corrected chi connectivity index (χ0v) is 15.1. The van der Waals surface area contributed by atoms with Gasteiger partial charge in [-0.15, -0.1) is 0 Å². The highest BCUT2D eigenvalue weighted by atomic mass is 16.5. The number of methoxy groups -OCH3 is 1. The quantitative estimate of drug-likeness (QED) is 0.723. The lowest BCUT2D eigenvalue weighted by Gasteiger charge is -2.32. The Hall–Kier alpha value is -3.07. The molecule has 0 radical (unpaired) electrons. The van der Waals surface area contributed by atoms with Gasteiger partial charge in [0.05, 0.1) is 19.1 Å². The van der Waals surface area contributed by atoms with Crippen molar-refractivity contribution < 1.29 is 9.53 Å². The summed E-state index contributed by atoms with van der Waals surface area (Å²) in [7, 11) is 1.62. The number of hydrogen-bond acceptors (Lipinski definition) is 2. The number of amides is 1. The fraction of sp³-hybridized carbons (Fsp3) is 0.174. The summed E-state index contributed by atoms with van der Waals surface area (Å²) in [4.78, 5) is 12.9. The van der Waals surface area contributed by atoms with Crippen molar-refractivity contribution in [1.29, 1.82) is 0 Å². The normalized spacial score (nSPS) is 11.0. The monoisotopic (exact) mass is 345 g/mol. The van der Waals surface area contributed by atoms with Crippen LogP contribution in [0.15, 0.2) is 84.9 Å². The van der Waals surface area contributed by atoms with Crippen LogP contribution >= 0.6 is 0 Å². The molecular weight excluding hydrogens is 322 g/mol. The number of para-hydroxylation sites is 1. The molecule has 0 unspecified atom stereocenters. The van der Waals surface area contributed by atoms with Crippen LogP contribution in [0.5, 0.6) is 5.75 Å². The molecule has 0 saturated heterocycles. The summed E-state index contributed by atoms with van der Waals surface area (Å²) in [5.74, 6) is 0.675. The molecule has 3 aromatic carbocycles. The molecule has 0 bridgehead atoms. The SMILES string of the molecule is COc1ccccc1CC(=O)NC(C)(c1ccccc1)c1ccccc1. The topological polar surface area (TPSA) is 38.3 Å². The summed E-state index contributed by atoms with van der Waals surface area (Å²) in [6, 6.07) is 27.7. The van der Waals surface area contributed by atoms with E-state index in [1.165, 1.54) is 0 Å². The number of carbonyl (C=O) groups excluding carboxylic acids is 1. The van der Waals surface area contributed by atoms with Crippen LogP contribution in [0.3, 0.4) is 0 Å². The fourth-order valence-corrected chi connectivity index (χ4v) is 3.20. The third-order valence-electron chi connectivity index (χ3n) is 4.64. The Morgan fingerprint density at radius 3 is 1.88 bits per heavy atom. The van der Waals surface area contributed by atoms with Gasteiger partial charge in [-0.25, -0.2) is 0 Å². The number of benzene rings is 3. The second-order valence-electron chi connectivity index (χ2n) is 6.39. The second kappa shape index (κ2) is 7.87. The maximum atomic E-state index is 12.9. The van der Waals surface area contributed by atoms with Crippen LogP contribution in [0.25, 0.3) is 0 Å². The molecule has 0 aliphatic carbocycles. The van der Waals surface area contributed by atoms with Gasteiger partial charge in [0, 0.05) is 5.56 Å². The number of hydrogen-bond donors (Lipinski definition) is 1. The minimum absolute atomic E-state index is 0.0512. The molecule has 3 heteroatoms. The lowest BCUT2D eigenvalue weighted by atomic mass is 9.84. The number of nitrogens with one attached hydrogen (secondary N) is 1. The summed E-state index contributed by atoms with van der Waals surface area (Å²) in [5, 5.41) is 3.23. The average Bonchev–Trinajstić information content (AvgIpc) is 2.69. The third kappa shape index (κ3) is 3.77. The highest BCUT2D eigenvalue weighted by Gasteiger charge is 2.30. The van der Waals surface area contributed by atoms with Gasteiger partial charge in [-0.1, -0.05) is 78.9 Å². The second-order valence-corrected chi connectivity index (χ2v) is 6.39. The van der Waals surface area contributed by atoms with Gasteiger partial charge in [0.2, 0.25) is 5.91 Å². The van der Waals surface area contributed by atoms with Crippen LogP contribution in [0.4, 0.5) is 0 Å². The summed E-state index contributed by atoms with van der Waals surface area (Å²) in [6.07, 6.45) is 0.263. The first kappa shape index (κ1) is 17.7. The smallest absolute Gasteiger partial charge is 0.225 e. The van der Waals surface area contributed by atoms with Gasteiger partial charge in [0.15, 0.2) is 0 Å². The van der Waals surface area contributed by atoms with E-state index in [1.807, 2.05) is 91.9 Å². The van der Waals surface area contributed by atoms with E-state index in [0.717, 1.165) is 22.4 Å². The van der Waals surface area contributed by atoms with E-state index in [2.05, 4.69) is 5.32 Å². The van der Waals surface area contributed by atoms with Crippen molar-refractivity contribution in [3.05, 3.63) is 102 Å². The molecule has 3 nitrogen and oxygen atoms in total. The molecule has 3 rings (SSSR count). The summed E-state index contributed by atoms with van der Waals surface area (Å²) < 4.78 is 5.37. The Bertz CT molecular complexity index is 820. The molecule has 0 spiro atoms. The predicted molar refractivity (Wildman–Crippen MR) is 104 cm³/mol. The summed E-state index contributed by atoms with van der Waals surface area (Å²) in [5.41, 5.74) is 2.34. The van der Waals surface area contributed by atoms with Crippen LogP contribution in [0, 0.1) is 0 Å². The van der Waals surface area contributed by atoms with Crippen molar-refractivity contribution >= 4 is 5.91 Å². The molecule has 3 aromatic rings. The molecular formula is C23H23NO2. The summed E-state index contributed by atoms with van der Waals surface area (Å²) in [6.45, 7) is 2.04. The Labute approximate surface area is 154 Å². The van der Waals surface area contributed by atoms with E-state index in [0.29, 0.717) is 0 Å². The van der Waals surface area contributed by atoms with E-state index >= 15 is 0 Å². The van der Waals surface area contributed by atoms with Crippen LogP contribution in [0.2, 0.25) is 0 Å². The molecule has 1 N–H and O–H groups in total. The van der Waals surface area contributed by atoms with Gasteiger partial charge >= 0.3 is 0 Å². The Kier molecular flexibility index (Phi) is 5.37. The maximum Gasteiger partial charge on any atom is 0.225 e. The van der Waals surface area contributed by atoms with E-state index in [9.17, 15) is 4.79 Å². The highest BCUT2D eigenvalue weighted by molar-refractivity contribution is 5.81. The van der Waals surface area contributed by atoms with E-state index in [4.69, 9.17) is 4.74 Å². The molecule has 26 heavy (non-hydrogen) atoms. The molecule has 0 aliphatic rings. The van der Waals surface area contributed by atoms with Gasteiger partial charge < -0.3 is 10.1 Å². The molecule has 0 atom stereocenters. The first-order valence-electron chi connectivity index (χ1n) is 8.67. The first-order valence-corrected chi connectivity index (χ1v) is 8.67. The van der Waals surface area contributed by atoms with Crippen molar-refractivity contribution in [3.8, 4) is 5.75 Å². The lowest BCUT2D eigenvalue weighted by molar-refractivity contribution is -0.121. The van der Waals surface area contributed by atoms with Crippen molar-refractivity contribution in [2.24, 2.45) is 0 Å². The first-order chi connectivity index (χ1) is 12.6. The van der Waals surface area contributed by atoms with E-state index in [-0.39, 0.29) is 12.3 Å². The fourth-order valence-electron chi connectivity index (χ4n) is 3.20. The zero-order valence-electron chi connectivity index (χ0n) is 15.1. The highest BCUT2D eigenvalue weighted by Crippen LogP contribution is 2.29. The van der Waals surface area contributed by atoms with Crippen molar-refractivity contribution in [2.45, 2.75) is 18.9 Å². The lowest BCUT2D eigenvalue weighted by Crippen LogP contribution is -2.45. The van der Waals surface area contributed by atoms with Gasteiger partial charge in [0.1, 0.15) is 5.75 Å². The van der Waals surface area contributed by atoms with Crippen LogP contribution in [-0.4, -0.2) is 13.0 Å².